The number of benzene rings is 1. The van der Waals surface area contributed by atoms with E-state index in [0.717, 1.165) is 31.1 Å². The first-order valence-electron chi connectivity index (χ1n) is 9.83. The molecule has 1 unspecified atom stereocenters. The minimum Gasteiger partial charge on any atom is -0.504 e. The topological polar surface area (TPSA) is 67.6 Å². The summed E-state index contributed by atoms with van der Waals surface area (Å²) in [4.78, 5) is 19.5. The zero-order valence-corrected chi connectivity index (χ0v) is 15.8. The molecule has 0 bridgehead atoms. The highest BCUT2D eigenvalue weighted by Gasteiger charge is 2.30. The molecular weight excluding hydrogens is 342 g/mol. The molecule has 1 aromatic heterocycles. The first kappa shape index (κ1) is 17.9. The first-order valence-corrected chi connectivity index (χ1v) is 9.83. The maximum Gasteiger partial charge on any atom is 0.257 e. The molecule has 1 saturated heterocycles. The summed E-state index contributed by atoms with van der Waals surface area (Å²) in [6.07, 6.45) is 9.88. The molecule has 2 aliphatic rings. The Morgan fingerprint density at radius 1 is 1.30 bits per heavy atom. The lowest BCUT2D eigenvalue weighted by molar-refractivity contribution is 0.0699. The second kappa shape index (κ2) is 7.62. The van der Waals surface area contributed by atoms with E-state index in [1.54, 1.807) is 18.2 Å². The highest BCUT2D eigenvalue weighted by Crippen LogP contribution is 2.34. The molecule has 27 heavy (non-hydrogen) atoms. The number of aromatic nitrogens is 2. The van der Waals surface area contributed by atoms with Gasteiger partial charge in [0.1, 0.15) is 5.82 Å². The lowest BCUT2D eigenvalue weighted by atomic mass is 9.85. The van der Waals surface area contributed by atoms with Crippen LogP contribution in [0.15, 0.2) is 30.6 Å². The maximum atomic E-state index is 13.0. The van der Waals surface area contributed by atoms with E-state index in [1.165, 1.54) is 26.4 Å². The number of hydrogen-bond donors (Lipinski definition) is 1. The Labute approximate surface area is 159 Å². The Hall–Kier alpha value is -2.50. The van der Waals surface area contributed by atoms with Crippen LogP contribution >= 0.6 is 0 Å². The molecule has 0 radical (unpaired) electrons. The second-order valence-corrected chi connectivity index (χ2v) is 7.68. The van der Waals surface area contributed by atoms with Gasteiger partial charge in [0, 0.05) is 37.9 Å². The number of hydrogen-bond acceptors (Lipinski definition) is 4. The van der Waals surface area contributed by atoms with Gasteiger partial charge in [-0.1, -0.05) is 12.5 Å². The Balaban J connectivity index is 1.50. The van der Waals surface area contributed by atoms with Gasteiger partial charge in [0.2, 0.25) is 0 Å². The van der Waals surface area contributed by atoms with Crippen molar-refractivity contribution in [3.63, 3.8) is 0 Å². The molecule has 1 N–H and O–H groups in total. The van der Waals surface area contributed by atoms with E-state index < -0.39 is 0 Å². The van der Waals surface area contributed by atoms with Gasteiger partial charge in [0.05, 0.1) is 12.7 Å². The highest BCUT2D eigenvalue weighted by molar-refractivity contribution is 5.97. The minimum atomic E-state index is -0.145. The highest BCUT2D eigenvalue weighted by atomic mass is 16.5. The van der Waals surface area contributed by atoms with Crippen molar-refractivity contribution in [3.8, 4) is 11.5 Å². The van der Waals surface area contributed by atoms with Gasteiger partial charge in [-0.25, -0.2) is 4.98 Å². The summed E-state index contributed by atoms with van der Waals surface area (Å²) in [7, 11) is 1.49. The number of amides is 1. The number of piperidine rings is 1. The van der Waals surface area contributed by atoms with Crippen molar-refractivity contribution in [3.05, 3.63) is 42.0 Å². The number of phenols is 1. The molecule has 6 heteroatoms. The molecule has 0 spiro atoms. The van der Waals surface area contributed by atoms with Gasteiger partial charge < -0.3 is 19.3 Å². The first-order chi connectivity index (χ1) is 13.2. The van der Waals surface area contributed by atoms with Gasteiger partial charge in [0.15, 0.2) is 11.5 Å². The molecular formula is C21H27N3O3. The number of imidazole rings is 1. The standard InChI is InChI=1S/C21H27N3O3/c1-27-18-9-3-8-17(19(18)25)21(26)24-11-4-7-16(14-24)20-22-10-12-23(20)13-15-5-2-6-15/h3,8-10,12,15-16,25H,2,4-7,11,13-14H2,1H3. The molecule has 2 aromatic rings. The van der Waals surface area contributed by atoms with Gasteiger partial charge in [-0.05, 0) is 43.7 Å². The maximum absolute atomic E-state index is 13.0. The van der Waals surface area contributed by atoms with E-state index in [-0.39, 0.29) is 17.6 Å². The van der Waals surface area contributed by atoms with Gasteiger partial charge in [0.25, 0.3) is 5.91 Å². The number of nitrogens with zero attached hydrogens (tertiary/aromatic N) is 3. The van der Waals surface area contributed by atoms with Crippen LogP contribution in [0.5, 0.6) is 11.5 Å². The number of phenolic OH excluding ortho intramolecular Hbond substituents is 1. The lowest BCUT2D eigenvalue weighted by Gasteiger charge is -2.34. The van der Waals surface area contributed by atoms with Gasteiger partial charge in [-0.15, -0.1) is 0 Å². The SMILES string of the molecule is COc1cccc(C(=O)N2CCCC(c3nccn3CC3CCC3)C2)c1O. The Morgan fingerprint density at radius 3 is 2.89 bits per heavy atom. The third kappa shape index (κ3) is 3.53. The summed E-state index contributed by atoms with van der Waals surface area (Å²) >= 11 is 0. The van der Waals surface area contributed by atoms with E-state index in [4.69, 9.17) is 4.74 Å². The van der Waals surface area contributed by atoms with E-state index >= 15 is 0 Å². The number of methoxy groups -OCH3 is 1. The number of ether oxygens (including phenoxy) is 1. The van der Waals surface area contributed by atoms with Gasteiger partial charge in [-0.2, -0.15) is 0 Å². The minimum absolute atomic E-state index is 0.0846. The fourth-order valence-electron chi connectivity index (χ4n) is 4.19. The summed E-state index contributed by atoms with van der Waals surface area (Å²) < 4.78 is 7.42. The fraction of sp³-hybridized carbons (Fsp3) is 0.524. The summed E-state index contributed by atoms with van der Waals surface area (Å²) in [5.74, 6) is 2.20. The number of para-hydroxylation sites is 1. The van der Waals surface area contributed by atoms with Crippen LogP contribution in [0.1, 0.15) is 54.2 Å². The smallest absolute Gasteiger partial charge is 0.257 e. The Morgan fingerprint density at radius 2 is 2.15 bits per heavy atom. The molecule has 1 atom stereocenters. The molecule has 6 nitrogen and oxygen atoms in total. The monoisotopic (exact) mass is 369 g/mol. The van der Waals surface area contributed by atoms with Crippen LogP contribution in [0, 0.1) is 5.92 Å². The number of carbonyl (C=O) groups excluding carboxylic acids is 1. The molecule has 1 aliphatic heterocycles. The molecule has 144 valence electrons. The number of aromatic hydroxyl groups is 1. The quantitative estimate of drug-likeness (QED) is 0.877. The van der Waals surface area contributed by atoms with Crippen molar-refractivity contribution < 1.29 is 14.6 Å². The lowest BCUT2D eigenvalue weighted by Crippen LogP contribution is -2.40. The van der Waals surface area contributed by atoms with Crippen LogP contribution in [-0.4, -0.2) is 45.7 Å². The zero-order chi connectivity index (χ0) is 18.8. The molecule has 1 saturated carbocycles. The number of rotatable bonds is 5. The molecule has 1 aromatic carbocycles. The Bertz CT molecular complexity index is 813. The number of carbonyl (C=O) groups is 1. The summed E-state index contributed by atoms with van der Waals surface area (Å²) in [6.45, 7) is 2.38. The van der Waals surface area contributed by atoms with Crippen molar-refractivity contribution in [2.45, 2.75) is 44.6 Å². The molecule has 2 heterocycles. The van der Waals surface area contributed by atoms with Crippen LogP contribution in [0.3, 0.4) is 0 Å². The molecule has 1 amide bonds. The third-order valence-electron chi connectivity index (χ3n) is 5.95. The zero-order valence-electron chi connectivity index (χ0n) is 15.8. The van der Waals surface area contributed by atoms with E-state index in [9.17, 15) is 9.90 Å². The average molecular weight is 369 g/mol. The summed E-state index contributed by atoms with van der Waals surface area (Å²) in [5.41, 5.74) is 0.299. The van der Waals surface area contributed by atoms with E-state index in [0.29, 0.717) is 24.4 Å². The van der Waals surface area contributed by atoms with Crippen molar-refractivity contribution >= 4 is 5.91 Å². The Kier molecular flexibility index (Phi) is 5.05. The molecule has 4 rings (SSSR count). The second-order valence-electron chi connectivity index (χ2n) is 7.68. The van der Waals surface area contributed by atoms with Gasteiger partial charge >= 0.3 is 0 Å². The molecule has 1 aliphatic carbocycles. The third-order valence-corrected chi connectivity index (χ3v) is 5.95. The van der Waals surface area contributed by atoms with E-state index in [1.807, 2.05) is 11.1 Å². The van der Waals surface area contributed by atoms with Crippen molar-refractivity contribution in [2.24, 2.45) is 5.92 Å². The predicted molar refractivity (Wildman–Crippen MR) is 102 cm³/mol. The average Bonchev–Trinajstić information content (AvgIpc) is 3.13. The van der Waals surface area contributed by atoms with Crippen LogP contribution in [0.4, 0.5) is 0 Å². The predicted octanol–water partition coefficient (Wildman–Crippen LogP) is 3.42. The van der Waals surface area contributed by atoms with Crippen molar-refractivity contribution in [1.82, 2.24) is 14.5 Å². The van der Waals surface area contributed by atoms with Crippen LogP contribution in [0.2, 0.25) is 0 Å². The number of likely N-dealkylation sites (tertiary alicyclic amines) is 1. The van der Waals surface area contributed by atoms with Crippen LogP contribution < -0.4 is 4.74 Å². The fourth-order valence-corrected chi connectivity index (χ4v) is 4.19. The van der Waals surface area contributed by atoms with Crippen molar-refractivity contribution in [2.75, 3.05) is 20.2 Å². The van der Waals surface area contributed by atoms with Gasteiger partial charge in [-0.3, -0.25) is 4.79 Å². The van der Waals surface area contributed by atoms with Crippen molar-refractivity contribution in [1.29, 1.82) is 0 Å². The summed E-state index contributed by atoms with van der Waals surface area (Å²) in [5, 5.41) is 10.3. The van der Waals surface area contributed by atoms with Crippen LogP contribution in [-0.2, 0) is 6.54 Å². The normalized spacial score (nSPS) is 20.3. The van der Waals surface area contributed by atoms with Crippen LogP contribution in [0.25, 0.3) is 0 Å². The molecule has 2 fully saturated rings. The summed E-state index contributed by atoms with van der Waals surface area (Å²) in [6, 6.07) is 5.04. The van der Waals surface area contributed by atoms with E-state index in [2.05, 4.69) is 15.7 Å². The largest absolute Gasteiger partial charge is 0.504 e.